The van der Waals surface area contributed by atoms with Gasteiger partial charge in [0.05, 0.1) is 0 Å². The second-order valence-electron chi connectivity index (χ2n) is 3.54. The van der Waals surface area contributed by atoms with Gasteiger partial charge in [-0.25, -0.2) is 0 Å². The summed E-state index contributed by atoms with van der Waals surface area (Å²) in [7, 11) is 0. The molecule has 0 heterocycles. The first-order valence-corrected chi connectivity index (χ1v) is 5.33. The SMILES string of the molecule is Cc1ccc(Br)c(C)c1C(C)CN. The molecule has 0 fully saturated rings. The van der Waals surface area contributed by atoms with E-state index in [2.05, 4.69) is 48.8 Å². The van der Waals surface area contributed by atoms with Gasteiger partial charge in [-0.2, -0.15) is 0 Å². The second-order valence-corrected chi connectivity index (χ2v) is 4.39. The molecule has 1 unspecified atom stereocenters. The lowest BCUT2D eigenvalue weighted by Crippen LogP contribution is -2.11. The van der Waals surface area contributed by atoms with Gasteiger partial charge in [0.25, 0.3) is 0 Å². The highest BCUT2D eigenvalue weighted by molar-refractivity contribution is 9.10. The number of hydrogen-bond donors (Lipinski definition) is 1. The number of aryl methyl sites for hydroxylation is 1. The van der Waals surface area contributed by atoms with Gasteiger partial charge in [0.1, 0.15) is 0 Å². The van der Waals surface area contributed by atoms with Crippen molar-refractivity contribution in [3.63, 3.8) is 0 Å². The standard InChI is InChI=1S/C11H16BrN/c1-7-4-5-10(12)9(3)11(7)8(2)6-13/h4-5,8H,6,13H2,1-3H3. The molecule has 0 aliphatic rings. The molecule has 0 bridgehead atoms. The van der Waals surface area contributed by atoms with Crippen LogP contribution in [0.3, 0.4) is 0 Å². The van der Waals surface area contributed by atoms with Crippen LogP contribution in [0.2, 0.25) is 0 Å². The molecule has 13 heavy (non-hydrogen) atoms. The van der Waals surface area contributed by atoms with E-state index in [0.717, 1.165) is 0 Å². The van der Waals surface area contributed by atoms with Gasteiger partial charge >= 0.3 is 0 Å². The van der Waals surface area contributed by atoms with Crippen LogP contribution in [0.4, 0.5) is 0 Å². The first kappa shape index (κ1) is 10.7. The Morgan fingerprint density at radius 1 is 1.38 bits per heavy atom. The van der Waals surface area contributed by atoms with Gasteiger partial charge in [0, 0.05) is 4.47 Å². The third-order valence-electron chi connectivity index (χ3n) is 2.51. The lowest BCUT2D eigenvalue weighted by Gasteiger charge is -2.16. The maximum atomic E-state index is 5.68. The zero-order valence-electron chi connectivity index (χ0n) is 8.39. The summed E-state index contributed by atoms with van der Waals surface area (Å²) in [6, 6.07) is 4.23. The molecule has 0 saturated heterocycles. The van der Waals surface area contributed by atoms with E-state index in [1.54, 1.807) is 0 Å². The topological polar surface area (TPSA) is 26.0 Å². The summed E-state index contributed by atoms with van der Waals surface area (Å²) in [5.41, 5.74) is 9.71. The molecule has 0 amide bonds. The van der Waals surface area contributed by atoms with Crippen LogP contribution in [0.15, 0.2) is 16.6 Å². The first-order valence-electron chi connectivity index (χ1n) is 4.53. The van der Waals surface area contributed by atoms with Crippen molar-refractivity contribution in [1.29, 1.82) is 0 Å². The average Bonchev–Trinajstić information content (AvgIpc) is 2.12. The Kier molecular flexibility index (Phi) is 3.51. The molecule has 72 valence electrons. The lowest BCUT2D eigenvalue weighted by atomic mass is 9.92. The van der Waals surface area contributed by atoms with Crippen molar-refractivity contribution < 1.29 is 0 Å². The highest BCUT2D eigenvalue weighted by Crippen LogP contribution is 2.28. The van der Waals surface area contributed by atoms with Gasteiger partial charge in [0.15, 0.2) is 0 Å². The second kappa shape index (κ2) is 4.25. The summed E-state index contributed by atoms with van der Waals surface area (Å²) in [5.74, 6) is 0.442. The molecule has 1 atom stereocenters. The Morgan fingerprint density at radius 2 is 2.00 bits per heavy atom. The van der Waals surface area contributed by atoms with Gasteiger partial charge in [-0.05, 0) is 49.1 Å². The Morgan fingerprint density at radius 3 is 2.54 bits per heavy atom. The fourth-order valence-electron chi connectivity index (χ4n) is 1.71. The normalized spacial score (nSPS) is 13.0. The Hall–Kier alpha value is -0.340. The predicted molar refractivity (Wildman–Crippen MR) is 61.1 cm³/mol. The van der Waals surface area contributed by atoms with Crippen LogP contribution in [0.1, 0.15) is 29.5 Å². The predicted octanol–water partition coefficient (Wildman–Crippen LogP) is 3.13. The van der Waals surface area contributed by atoms with Crippen molar-refractivity contribution in [1.82, 2.24) is 0 Å². The number of nitrogens with two attached hydrogens (primary N) is 1. The number of rotatable bonds is 2. The first-order chi connectivity index (χ1) is 6.07. The third-order valence-corrected chi connectivity index (χ3v) is 3.37. The van der Waals surface area contributed by atoms with E-state index in [9.17, 15) is 0 Å². The molecular weight excluding hydrogens is 226 g/mol. The quantitative estimate of drug-likeness (QED) is 0.847. The molecule has 0 aliphatic carbocycles. The van der Waals surface area contributed by atoms with Crippen LogP contribution in [0, 0.1) is 13.8 Å². The molecule has 0 aliphatic heterocycles. The minimum absolute atomic E-state index is 0.442. The van der Waals surface area contributed by atoms with Crippen molar-refractivity contribution in [2.45, 2.75) is 26.7 Å². The van der Waals surface area contributed by atoms with Crippen molar-refractivity contribution in [2.75, 3.05) is 6.54 Å². The molecule has 1 rings (SSSR count). The van der Waals surface area contributed by atoms with Crippen molar-refractivity contribution in [2.24, 2.45) is 5.73 Å². The van der Waals surface area contributed by atoms with Crippen molar-refractivity contribution >= 4 is 15.9 Å². The largest absolute Gasteiger partial charge is 0.330 e. The van der Waals surface area contributed by atoms with Crippen LogP contribution >= 0.6 is 15.9 Å². The summed E-state index contributed by atoms with van der Waals surface area (Å²) in [4.78, 5) is 0. The number of halogens is 1. The van der Waals surface area contributed by atoms with E-state index in [1.807, 2.05) is 0 Å². The third kappa shape index (κ3) is 2.12. The van der Waals surface area contributed by atoms with Gasteiger partial charge in [-0.15, -0.1) is 0 Å². The van der Waals surface area contributed by atoms with Gasteiger partial charge < -0.3 is 5.73 Å². The van der Waals surface area contributed by atoms with E-state index in [-0.39, 0.29) is 0 Å². The highest BCUT2D eigenvalue weighted by atomic mass is 79.9. The molecule has 0 saturated carbocycles. The van der Waals surface area contributed by atoms with Gasteiger partial charge in [-0.1, -0.05) is 28.9 Å². The minimum Gasteiger partial charge on any atom is -0.330 e. The van der Waals surface area contributed by atoms with Crippen LogP contribution < -0.4 is 5.73 Å². The summed E-state index contributed by atoms with van der Waals surface area (Å²) >= 11 is 3.54. The summed E-state index contributed by atoms with van der Waals surface area (Å²) < 4.78 is 1.17. The molecule has 1 aromatic carbocycles. The maximum Gasteiger partial charge on any atom is 0.0207 e. The Bertz CT molecular complexity index is 307. The van der Waals surface area contributed by atoms with E-state index in [4.69, 9.17) is 5.73 Å². The molecule has 1 aromatic rings. The fraction of sp³-hybridized carbons (Fsp3) is 0.455. The van der Waals surface area contributed by atoms with Crippen molar-refractivity contribution in [3.05, 3.63) is 33.3 Å². The van der Waals surface area contributed by atoms with Crippen LogP contribution in [-0.2, 0) is 0 Å². The Balaban J connectivity index is 3.25. The molecule has 0 radical (unpaired) electrons. The molecule has 0 spiro atoms. The van der Waals surface area contributed by atoms with Crippen LogP contribution in [0.25, 0.3) is 0 Å². The van der Waals surface area contributed by atoms with Gasteiger partial charge in [0.2, 0.25) is 0 Å². The molecule has 2 N–H and O–H groups in total. The van der Waals surface area contributed by atoms with E-state index < -0.39 is 0 Å². The summed E-state index contributed by atoms with van der Waals surface area (Å²) in [6.45, 7) is 7.15. The average molecular weight is 242 g/mol. The maximum absolute atomic E-state index is 5.68. The minimum atomic E-state index is 0.442. The fourth-order valence-corrected chi connectivity index (χ4v) is 2.06. The van der Waals surface area contributed by atoms with Crippen LogP contribution in [-0.4, -0.2) is 6.54 Å². The number of benzene rings is 1. The Labute approximate surface area is 88.5 Å². The monoisotopic (exact) mass is 241 g/mol. The smallest absolute Gasteiger partial charge is 0.0207 e. The zero-order valence-corrected chi connectivity index (χ0v) is 9.98. The highest BCUT2D eigenvalue weighted by Gasteiger charge is 2.11. The zero-order chi connectivity index (χ0) is 10.0. The molecule has 2 heteroatoms. The molecule has 0 aromatic heterocycles. The summed E-state index contributed by atoms with van der Waals surface area (Å²) in [6.07, 6.45) is 0. The van der Waals surface area contributed by atoms with E-state index in [0.29, 0.717) is 12.5 Å². The molecule has 1 nitrogen and oxygen atoms in total. The van der Waals surface area contributed by atoms with E-state index in [1.165, 1.54) is 21.2 Å². The van der Waals surface area contributed by atoms with Gasteiger partial charge in [-0.3, -0.25) is 0 Å². The number of hydrogen-bond acceptors (Lipinski definition) is 1. The lowest BCUT2D eigenvalue weighted by molar-refractivity contribution is 0.760. The van der Waals surface area contributed by atoms with E-state index >= 15 is 0 Å². The summed E-state index contributed by atoms with van der Waals surface area (Å²) in [5, 5.41) is 0. The van der Waals surface area contributed by atoms with Crippen LogP contribution in [0.5, 0.6) is 0 Å². The molecular formula is C11H16BrN. The van der Waals surface area contributed by atoms with Crippen molar-refractivity contribution in [3.8, 4) is 0 Å².